The summed E-state index contributed by atoms with van der Waals surface area (Å²) in [6.45, 7) is 12.8. The van der Waals surface area contributed by atoms with Crippen LogP contribution in [-0.2, 0) is 17.1 Å². The van der Waals surface area contributed by atoms with Gasteiger partial charge in [-0.15, -0.1) is 11.3 Å². The molecule has 1 saturated heterocycles. The largest absolute Gasteiger partial charge is 2.00 e. The molecule has 0 atom stereocenters. The van der Waals surface area contributed by atoms with Crippen LogP contribution in [0.3, 0.4) is 0 Å². The minimum Gasteiger partial charge on any atom is -0.221 e. The molecule has 1 aliphatic heterocycles. The van der Waals surface area contributed by atoms with Crippen molar-refractivity contribution in [3.63, 3.8) is 0 Å². The molecule has 1 aromatic heterocycles. The Kier molecular flexibility index (Phi) is 7.58. The second kappa shape index (κ2) is 9.04. The third-order valence-corrected chi connectivity index (χ3v) is 6.18. The van der Waals surface area contributed by atoms with E-state index < -0.39 is 0 Å². The van der Waals surface area contributed by atoms with Crippen molar-refractivity contribution in [1.29, 1.82) is 0 Å². The molecule has 1 saturated carbocycles. The molecule has 1 nitrogen and oxygen atoms in total. The normalized spacial score (nSPS) is 21.5. The quantitative estimate of drug-likeness (QED) is 0.536. The zero-order valence-electron chi connectivity index (χ0n) is 15.3. The molecule has 2 fully saturated rings. The van der Waals surface area contributed by atoms with Gasteiger partial charge in [0, 0.05) is 16.1 Å². The number of benzene rings is 1. The van der Waals surface area contributed by atoms with Gasteiger partial charge in [0.25, 0.3) is 0 Å². The Morgan fingerprint density at radius 3 is 1.84 bits per heavy atom. The summed E-state index contributed by atoms with van der Waals surface area (Å²) in [5.41, 5.74) is 0. The number of thiophene rings is 1. The molecular weight excluding hydrogens is 366 g/mol. The Morgan fingerprint density at radius 2 is 1.36 bits per heavy atom. The fraction of sp³-hybridized carbons (Fsp3) is 0.227. The molecular formula is C22H23FeNS+2. The number of rotatable bonds is 1. The summed E-state index contributed by atoms with van der Waals surface area (Å²) in [6.07, 6.45) is 4.02. The van der Waals surface area contributed by atoms with Gasteiger partial charge in [0.15, 0.2) is 0 Å². The Hall–Kier alpha value is -0.341. The van der Waals surface area contributed by atoms with Gasteiger partial charge in [-0.05, 0) is 60.0 Å². The zero-order valence-corrected chi connectivity index (χ0v) is 17.2. The van der Waals surface area contributed by atoms with Gasteiger partial charge in [-0.1, -0.05) is 52.8 Å². The average Bonchev–Trinajstić information content (AvgIpc) is 3.30. The number of hydrogen-bond donors (Lipinski definition) is 0. The van der Waals surface area contributed by atoms with Crippen LogP contribution in [0.4, 0.5) is 0 Å². The van der Waals surface area contributed by atoms with Crippen LogP contribution in [0.25, 0.3) is 10.1 Å². The molecule has 1 aliphatic carbocycles. The fourth-order valence-corrected chi connectivity index (χ4v) is 4.00. The van der Waals surface area contributed by atoms with E-state index in [9.17, 15) is 0 Å². The van der Waals surface area contributed by atoms with E-state index in [1.165, 1.54) is 44.6 Å². The summed E-state index contributed by atoms with van der Waals surface area (Å²) in [4.78, 5) is 1.25. The predicted octanol–water partition coefficient (Wildman–Crippen LogP) is 5.94. The molecule has 2 aliphatic rings. The fourth-order valence-electron chi connectivity index (χ4n) is 2.96. The first-order valence-electron chi connectivity index (χ1n) is 8.25. The van der Waals surface area contributed by atoms with Gasteiger partial charge in [-0.25, -0.2) is 5.32 Å². The standard InChI is InChI=1S/C12H8NS.C10H15.Fe/c1-2-6-11-9(4-1)8-12(14-11)10-5-3-7-13-10;1-6-7(2)9(4)10(5)8(6)3;/h1-8H;1-5H3;/q;;+2. The molecule has 2 aromatic rings. The van der Waals surface area contributed by atoms with E-state index in [0.29, 0.717) is 0 Å². The van der Waals surface area contributed by atoms with Crippen LogP contribution in [0.2, 0.25) is 0 Å². The molecule has 0 amide bonds. The number of nitrogens with zero attached hydrogens (tertiary/aromatic N) is 1. The molecule has 10 radical (unpaired) electrons. The van der Waals surface area contributed by atoms with Gasteiger partial charge < -0.3 is 0 Å². The van der Waals surface area contributed by atoms with E-state index in [-0.39, 0.29) is 17.1 Å². The number of fused-ring (bicyclic) bond motifs is 1. The molecule has 0 unspecified atom stereocenters. The van der Waals surface area contributed by atoms with E-state index in [1.807, 2.05) is 19.4 Å². The summed E-state index contributed by atoms with van der Waals surface area (Å²) in [5, 5.41) is 5.59. The summed E-state index contributed by atoms with van der Waals surface area (Å²) in [6, 6.07) is 11.7. The van der Waals surface area contributed by atoms with Gasteiger partial charge in [0.05, 0.1) is 6.04 Å². The van der Waals surface area contributed by atoms with Crippen LogP contribution in [-0.4, -0.2) is 0 Å². The monoisotopic (exact) mass is 389 g/mol. The molecule has 0 N–H and O–H groups in total. The third-order valence-electron chi connectivity index (χ3n) is 5.04. The second-order valence-corrected chi connectivity index (χ2v) is 7.38. The van der Waals surface area contributed by atoms with Gasteiger partial charge in [-0.2, -0.15) is 0 Å². The summed E-state index contributed by atoms with van der Waals surface area (Å²) < 4.78 is 1.32. The van der Waals surface area contributed by atoms with Crippen molar-refractivity contribution >= 4 is 21.4 Å². The first-order chi connectivity index (χ1) is 11.5. The molecule has 2 heterocycles. The molecule has 1 aromatic carbocycles. The SMILES string of the molecule is C[C]1[C](C)[C](C)[C](C)[C]1C.[CH]1[CH][N][C](c2cc3ccccc3s2)[CH]1.[Fe+2]. The molecule has 25 heavy (non-hydrogen) atoms. The van der Waals surface area contributed by atoms with Gasteiger partial charge in [0.2, 0.25) is 0 Å². The van der Waals surface area contributed by atoms with Crippen molar-refractivity contribution in [3.8, 4) is 0 Å². The Balaban J connectivity index is 0.000000184. The molecule has 0 spiro atoms. The first-order valence-corrected chi connectivity index (χ1v) is 9.07. The van der Waals surface area contributed by atoms with Crippen molar-refractivity contribution in [2.45, 2.75) is 34.6 Å². The van der Waals surface area contributed by atoms with E-state index in [2.05, 4.69) is 70.3 Å². The Morgan fingerprint density at radius 1 is 0.800 bits per heavy atom. The minimum absolute atomic E-state index is 0. The van der Waals surface area contributed by atoms with Crippen LogP contribution in [0, 0.1) is 55.0 Å². The van der Waals surface area contributed by atoms with Crippen molar-refractivity contribution in [3.05, 3.63) is 90.2 Å². The average molecular weight is 389 g/mol. The molecule has 3 heteroatoms. The summed E-state index contributed by atoms with van der Waals surface area (Å²) in [5.74, 6) is 7.34. The van der Waals surface area contributed by atoms with E-state index in [1.54, 1.807) is 11.3 Å². The first kappa shape index (κ1) is 21.0. The van der Waals surface area contributed by atoms with Gasteiger partial charge >= 0.3 is 17.1 Å². The van der Waals surface area contributed by atoms with Crippen molar-refractivity contribution in [2.75, 3.05) is 0 Å². The van der Waals surface area contributed by atoms with Crippen LogP contribution in [0.1, 0.15) is 39.5 Å². The van der Waals surface area contributed by atoms with E-state index in [4.69, 9.17) is 0 Å². The van der Waals surface area contributed by atoms with Crippen LogP contribution >= 0.6 is 11.3 Å². The predicted molar refractivity (Wildman–Crippen MR) is 104 cm³/mol. The van der Waals surface area contributed by atoms with E-state index >= 15 is 0 Å². The van der Waals surface area contributed by atoms with Gasteiger partial charge in [0.1, 0.15) is 0 Å². The summed E-state index contributed by atoms with van der Waals surface area (Å²) in [7, 11) is 0. The zero-order chi connectivity index (χ0) is 17.3. The van der Waals surface area contributed by atoms with Crippen LogP contribution in [0.5, 0.6) is 0 Å². The minimum atomic E-state index is 0. The van der Waals surface area contributed by atoms with Crippen LogP contribution in [0.15, 0.2) is 30.3 Å². The van der Waals surface area contributed by atoms with Crippen LogP contribution < -0.4 is 5.32 Å². The second-order valence-electron chi connectivity index (χ2n) is 6.30. The maximum Gasteiger partial charge on any atom is 2.00 e. The topological polar surface area (TPSA) is 14.1 Å². The Labute approximate surface area is 168 Å². The Bertz CT molecular complexity index is 583. The molecule has 128 valence electrons. The van der Waals surface area contributed by atoms with Crippen molar-refractivity contribution < 1.29 is 17.1 Å². The summed E-state index contributed by atoms with van der Waals surface area (Å²) >= 11 is 1.79. The smallest absolute Gasteiger partial charge is 0.221 e. The maximum absolute atomic E-state index is 4.29. The maximum atomic E-state index is 4.29. The van der Waals surface area contributed by atoms with E-state index in [0.717, 1.165) is 6.04 Å². The van der Waals surface area contributed by atoms with Crippen molar-refractivity contribution in [1.82, 2.24) is 5.32 Å². The van der Waals surface area contributed by atoms with Gasteiger partial charge in [-0.3, -0.25) is 0 Å². The molecule has 0 bridgehead atoms. The number of hydrogen-bond acceptors (Lipinski definition) is 1. The molecule has 4 rings (SSSR count). The van der Waals surface area contributed by atoms with Crippen molar-refractivity contribution in [2.24, 2.45) is 0 Å². The third kappa shape index (κ3) is 4.50.